The fraction of sp³-hybridized carbons (Fsp3) is 0.361. The monoisotopic (exact) mass is 559 g/mol. The molecule has 1 aromatic heterocycles. The maximum absolute atomic E-state index is 13.3. The largest absolute Gasteiger partial charge is 0.487 e. The van der Waals surface area contributed by atoms with E-state index in [1.54, 1.807) is 6.07 Å². The molecule has 4 atom stereocenters. The van der Waals surface area contributed by atoms with Crippen LogP contribution in [0.1, 0.15) is 67.4 Å². The van der Waals surface area contributed by atoms with Crippen LogP contribution < -0.4 is 10.1 Å². The van der Waals surface area contributed by atoms with E-state index in [0.29, 0.717) is 35.3 Å². The zero-order valence-electron chi connectivity index (χ0n) is 24.4. The summed E-state index contributed by atoms with van der Waals surface area (Å²) in [5.41, 5.74) is 5.69. The summed E-state index contributed by atoms with van der Waals surface area (Å²) < 4.78 is 6.86. The summed E-state index contributed by atoms with van der Waals surface area (Å²) in [5.74, 6) is 2.14. The molecule has 1 fully saturated rings. The van der Waals surface area contributed by atoms with Gasteiger partial charge in [0, 0.05) is 27.8 Å². The Morgan fingerprint density at radius 2 is 1.71 bits per heavy atom. The number of hydrogen-bond donors (Lipinski definition) is 2. The van der Waals surface area contributed by atoms with Crippen molar-refractivity contribution in [1.82, 2.24) is 15.3 Å². The average Bonchev–Trinajstić information content (AvgIpc) is 2.99. The van der Waals surface area contributed by atoms with Gasteiger partial charge in [-0.15, -0.1) is 0 Å². The zero-order valence-corrected chi connectivity index (χ0v) is 24.4. The highest BCUT2D eigenvalue weighted by molar-refractivity contribution is 6.11. The fourth-order valence-corrected chi connectivity index (χ4v) is 7.36. The van der Waals surface area contributed by atoms with Gasteiger partial charge in [-0.3, -0.25) is 4.79 Å². The molecule has 0 radical (unpaired) electrons. The highest BCUT2D eigenvalue weighted by Gasteiger charge is 2.47. The number of hydrogen-bond acceptors (Lipinski definition) is 5. The van der Waals surface area contributed by atoms with Crippen molar-refractivity contribution in [2.45, 2.75) is 64.0 Å². The molecule has 7 rings (SSSR count). The highest BCUT2D eigenvalue weighted by Crippen LogP contribution is 2.56. The van der Waals surface area contributed by atoms with Crippen molar-refractivity contribution < 1.29 is 14.6 Å². The number of aliphatic hydroxyl groups excluding tert-OH is 1. The van der Waals surface area contributed by atoms with Crippen LogP contribution in [0.25, 0.3) is 32.8 Å². The number of benzene rings is 4. The number of amides is 1. The Labute approximate surface area is 246 Å². The number of nitrogens with zero attached hydrogens (tertiary/aromatic N) is 2. The summed E-state index contributed by atoms with van der Waals surface area (Å²) in [6.45, 7) is 6.69. The Balaban J connectivity index is 1.33. The van der Waals surface area contributed by atoms with E-state index in [1.165, 1.54) is 12.0 Å². The predicted molar refractivity (Wildman–Crippen MR) is 167 cm³/mol. The predicted octanol–water partition coefficient (Wildman–Crippen LogP) is 6.96. The van der Waals surface area contributed by atoms with Crippen LogP contribution in [0, 0.1) is 11.8 Å². The number of nitrogens with one attached hydrogen (secondary N) is 1. The van der Waals surface area contributed by atoms with Crippen LogP contribution in [0.15, 0.2) is 72.8 Å². The second-order valence-corrected chi connectivity index (χ2v) is 12.8. The first-order valence-electron chi connectivity index (χ1n) is 15.1. The second kappa shape index (κ2) is 10.4. The third kappa shape index (κ3) is 4.58. The van der Waals surface area contributed by atoms with Gasteiger partial charge in [0.05, 0.1) is 34.7 Å². The number of fused-ring (bicyclic) bond motifs is 9. The summed E-state index contributed by atoms with van der Waals surface area (Å²) in [7, 11) is 0. The van der Waals surface area contributed by atoms with Crippen LogP contribution in [0.5, 0.6) is 5.75 Å². The average molecular weight is 560 g/mol. The van der Waals surface area contributed by atoms with E-state index in [1.807, 2.05) is 48.5 Å². The lowest BCUT2D eigenvalue weighted by molar-refractivity contribution is -0.0115. The Morgan fingerprint density at radius 1 is 0.976 bits per heavy atom. The molecule has 42 heavy (non-hydrogen) atoms. The van der Waals surface area contributed by atoms with Crippen LogP contribution in [-0.2, 0) is 6.42 Å². The normalized spacial score (nSPS) is 21.9. The first kappa shape index (κ1) is 26.8. The van der Waals surface area contributed by atoms with Gasteiger partial charge in [0.2, 0.25) is 0 Å². The van der Waals surface area contributed by atoms with Crippen LogP contribution in [0.2, 0.25) is 0 Å². The van der Waals surface area contributed by atoms with Crippen LogP contribution in [-0.4, -0.2) is 39.2 Å². The molecule has 2 N–H and O–H groups in total. The first-order chi connectivity index (χ1) is 20.3. The topological polar surface area (TPSA) is 84.3 Å². The van der Waals surface area contributed by atoms with E-state index < -0.39 is 0 Å². The van der Waals surface area contributed by atoms with Gasteiger partial charge in [-0.05, 0) is 68.7 Å². The minimum Gasteiger partial charge on any atom is -0.487 e. The van der Waals surface area contributed by atoms with Gasteiger partial charge in [-0.1, -0.05) is 67.9 Å². The standard InChI is InChI=1S/C36H37N3O3/c1-21-13-15-28-27(17-21)31-33-32(25-11-7-8-12-26(25)34(31)42-36(28,2)3)39-30-19-23(14-16-29(30)38-33)35(41)37-24(20-40)18-22-9-5-4-6-10-22/h4-12,14,16,19,21,24,27-28,40H,13,15,17-18,20H2,1-3H3,(H,37,41)/t21-,24?,27-,28-/m1/s1. The number of ether oxygens (including phenoxy) is 1. The number of aromatic nitrogens is 2. The molecule has 1 unspecified atom stereocenters. The van der Waals surface area contributed by atoms with Gasteiger partial charge in [-0.25, -0.2) is 9.97 Å². The molecule has 1 amide bonds. The molecule has 0 saturated heterocycles. The number of rotatable bonds is 5. The summed E-state index contributed by atoms with van der Waals surface area (Å²) >= 11 is 0. The molecule has 4 aromatic carbocycles. The molecule has 2 heterocycles. The third-order valence-electron chi connectivity index (χ3n) is 9.47. The van der Waals surface area contributed by atoms with E-state index in [-0.39, 0.29) is 24.2 Å². The smallest absolute Gasteiger partial charge is 0.251 e. The van der Waals surface area contributed by atoms with Crippen molar-refractivity contribution in [3.05, 3.63) is 89.5 Å². The van der Waals surface area contributed by atoms with Crippen molar-refractivity contribution in [2.24, 2.45) is 11.8 Å². The van der Waals surface area contributed by atoms with Crippen molar-refractivity contribution in [1.29, 1.82) is 0 Å². The van der Waals surface area contributed by atoms with Crippen LogP contribution in [0.3, 0.4) is 0 Å². The van der Waals surface area contributed by atoms with Crippen LogP contribution >= 0.6 is 0 Å². The maximum Gasteiger partial charge on any atom is 0.251 e. The van der Waals surface area contributed by atoms with Gasteiger partial charge in [0.25, 0.3) is 5.91 Å². The summed E-state index contributed by atoms with van der Waals surface area (Å²) in [5, 5.41) is 15.0. The Kier molecular flexibility index (Phi) is 6.62. The van der Waals surface area contributed by atoms with Crippen molar-refractivity contribution in [3.8, 4) is 5.75 Å². The number of aliphatic hydroxyl groups is 1. The van der Waals surface area contributed by atoms with Crippen LogP contribution in [0.4, 0.5) is 0 Å². The van der Waals surface area contributed by atoms with Crippen molar-refractivity contribution in [3.63, 3.8) is 0 Å². The van der Waals surface area contributed by atoms with E-state index in [4.69, 9.17) is 14.7 Å². The molecule has 6 heteroatoms. The molecule has 1 aliphatic carbocycles. The Morgan fingerprint density at radius 3 is 2.50 bits per heavy atom. The Hall–Kier alpha value is -4.03. The minimum absolute atomic E-state index is 0.143. The van der Waals surface area contributed by atoms with Gasteiger partial charge < -0.3 is 15.2 Å². The molecule has 1 aliphatic heterocycles. The maximum atomic E-state index is 13.3. The van der Waals surface area contributed by atoms with E-state index in [0.717, 1.165) is 51.5 Å². The summed E-state index contributed by atoms with van der Waals surface area (Å²) in [6, 6.07) is 23.3. The van der Waals surface area contributed by atoms with Gasteiger partial charge in [-0.2, -0.15) is 0 Å². The lowest BCUT2D eigenvalue weighted by atomic mass is 9.64. The zero-order chi connectivity index (χ0) is 29.0. The SMILES string of the molecule is C[C@@H]1CC[C@@H]2[C@@H](C1)c1c(c3ccccc3c3nc4cc(C(=O)NC(CO)Cc5ccccc5)ccc4nc13)OC2(C)C. The lowest BCUT2D eigenvalue weighted by Gasteiger charge is -2.49. The number of carbonyl (C=O) groups excluding carboxylic acids is 1. The van der Waals surface area contributed by atoms with Gasteiger partial charge in [0.15, 0.2) is 0 Å². The quantitative estimate of drug-likeness (QED) is 0.180. The molecule has 214 valence electrons. The van der Waals surface area contributed by atoms with Gasteiger partial charge in [0.1, 0.15) is 11.4 Å². The molecule has 2 aliphatic rings. The molecular weight excluding hydrogens is 522 g/mol. The minimum atomic E-state index is -0.385. The van der Waals surface area contributed by atoms with E-state index >= 15 is 0 Å². The molecule has 5 aromatic rings. The van der Waals surface area contributed by atoms with Crippen molar-refractivity contribution in [2.75, 3.05) is 6.61 Å². The van der Waals surface area contributed by atoms with Crippen molar-refractivity contribution >= 4 is 38.7 Å². The summed E-state index contributed by atoms with van der Waals surface area (Å²) in [6.07, 6.45) is 4.03. The fourth-order valence-electron chi connectivity index (χ4n) is 7.36. The molecule has 0 spiro atoms. The third-order valence-corrected chi connectivity index (χ3v) is 9.47. The number of carbonyl (C=O) groups is 1. The first-order valence-corrected chi connectivity index (χ1v) is 15.1. The summed E-state index contributed by atoms with van der Waals surface area (Å²) in [4.78, 5) is 23.7. The van der Waals surface area contributed by atoms with E-state index in [9.17, 15) is 9.90 Å². The second-order valence-electron chi connectivity index (χ2n) is 12.8. The Bertz CT molecular complexity index is 1820. The molecule has 6 nitrogen and oxygen atoms in total. The highest BCUT2D eigenvalue weighted by atomic mass is 16.5. The lowest BCUT2D eigenvalue weighted by Crippen LogP contribution is -2.46. The molecule has 1 saturated carbocycles. The van der Waals surface area contributed by atoms with E-state index in [2.05, 4.69) is 44.3 Å². The molecular formula is C36H37N3O3. The molecule has 0 bridgehead atoms. The van der Waals surface area contributed by atoms with Gasteiger partial charge >= 0.3 is 0 Å².